The molecule has 0 atom stereocenters. The number of nitriles is 1. The summed E-state index contributed by atoms with van der Waals surface area (Å²) in [6, 6.07) is 5.25. The van der Waals surface area contributed by atoms with Gasteiger partial charge in [-0.3, -0.25) is 4.79 Å². The van der Waals surface area contributed by atoms with Crippen molar-refractivity contribution in [3.63, 3.8) is 0 Å². The second-order valence-corrected chi connectivity index (χ2v) is 4.87. The van der Waals surface area contributed by atoms with Gasteiger partial charge >= 0.3 is 0 Å². The number of aromatic amines is 1. The summed E-state index contributed by atoms with van der Waals surface area (Å²) in [6.07, 6.45) is 0.729. The van der Waals surface area contributed by atoms with Gasteiger partial charge < -0.3 is 4.98 Å². The lowest BCUT2D eigenvalue weighted by Crippen LogP contribution is -2.13. The van der Waals surface area contributed by atoms with Crippen LogP contribution in [0.4, 0.5) is 0 Å². The van der Waals surface area contributed by atoms with Crippen LogP contribution in [0.5, 0.6) is 0 Å². The van der Waals surface area contributed by atoms with Crippen molar-refractivity contribution >= 4 is 34.1 Å². The fraction of sp³-hybridized carbons (Fsp3) is 0.231. The second-order valence-electron chi connectivity index (χ2n) is 4.03. The maximum Gasteiger partial charge on any atom is 0.194 e. The highest BCUT2D eigenvalue weighted by Crippen LogP contribution is 2.25. The molecule has 0 unspecified atom stereocenters. The summed E-state index contributed by atoms with van der Waals surface area (Å²) in [5, 5.41) is 9.85. The van der Waals surface area contributed by atoms with Crippen molar-refractivity contribution in [1.82, 2.24) is 4.98 Å². The van der Waals surface area contributed by atoms with Gasteiger partial charge in [0.25, 0.3) is 0 Å². The van der Waals surface area contributed by atoms with Crippen molar-refractivity contribution in [2.24, 2.45) is 0 Å². The van der Waals surface area contributed by atoms with Gasteiger partial charge in [0.05, 0.1) is 22.0 Å². The molecule has 0 fully saturated rings. The van der Waals surface area contributed by atoms with Crippen LogP contribution in [0, 0.1) is 18.3 Å². The number of nitrogens with one attached hydrogen (secondary N) is 1. The van der Waals surface area contributed by atoms with Gasteiger partial charge in [-0.15, -0.1) is 0 Å². The summed E-state index contributed by atoms with van der Waals surface area (Å²) in [4.78, 5) is 15.4. The number of nitrogens with zero attached hydrogens (tertiary/aromatic N) is 1. The first-order valence-corrected chi connectivity index (χ1v) is 6.17. The first-order chi connectivity index (χ1) is 8.54. The highest BCUT2D eigenvalue weighted by atomic mass is 35.5. The van der Waals surface area contributed by atoms with E-state index in [0.29, 0.717) is 39.4 Å². The van der Waals surface area contributed by atoms with Gasteiger partial charge in [0, 0.05) is 22.7 Å². The van der Waals surface area contributed by atoms with E-state index in [0.717, 1.165) is 5.69 Å². The molecule has 0 aliphatic carbocycles. The Bertz CT molecular complexity index is 713. The fourth-order valence-electron chi connectivity index (χ4n) is 1.98. The second kappa shape index (κ2) is 5.01. The lowest BCUT2D eigenvalue weighted by molar-refractivity contribution is 0.967. The SMILES string of the molecule is Cc1[nH]c2cc(Cl)cc(Cl)c2c(=O)c1CCC#N. The molecular formula is C13H10Cl2N2O. The van der Waals surface area contributed by atoms with Crippen molar-refractivity contribution in [1.29, 1.82) is 5.26 Å². The molecule has 0 saturated carbocycles. The zero-order valence-corrected chi connectivity index (χ0v) is 11.2. The van der Waals surface area contributed by atoms with E-state index in [1.54, 1.807) is 12.1 Å². The minimum atomic E-state index is -0.127. The van der Waals surface area contributed by atoms with Crippen LogP contribution >= 0.6 is 23.2 Å². The predicted molar refractivity (Wildman–Crippen MR) is 73.3 cm³/mol. The van der Waals surface area contributed by atoms with Crippen LogP contribution < -0.4 is 5.43 Å². The molecular weight excluding hydrogens is 271 g/mol. The third-order valence-corrected chi connectivity index (χ3v) is 3.33. The van der Waals surface area contributed by atoms with Crippen LogP contribution in [0.2, 0.25) is 10.0 Å². The Morgan fingerprint density at radius 1 is 1.39 bits per heavy atom. The van der Waals surface area contributed by atoms with Gasteiger partial charge in [-0.1, -0.05) is 23.2 Å². The molecule has 2 aromatic rings. The minimum absolute atomic E-state index is 0.127. The topological polar surface area (TPSA) is 56.6 Å². The van der Waals surface area contributed by atoms with E-state index in [4.69, 9.17) is 28.5 Å². The number of benzene rings is 1. The Hall–Kier alpha value is -1.50. The van der Waals surface area contributed by atoms with E-state index in [9.17, 15) is 4.79 Å². The largest absolute Gasteiger partial charge is 0.358 e. The smallest absolute Gasteiger partial charge is 0.194 e. The summed E-state index contributed by atoms with van der Waals surface area (Å²) in [5.41, 5.74) is 1.85. The number of fused-ring (bicyclic) bond motifs is 1. The number of hydrogen-bond acceptors (Lipinski definition) is 2. The van der Waals surface area contributed by atoms with Gasteiger partial charge in [0.1, 0.15) is 0 Å². The Morgan fingerprint density at radius 3 is 2.78 bits per heavy atom. The molecule has 0 aliphatic heterocycles. The maximum absolute atomic E-state index is 12.3. The molecule has 0 aliphatic rings. The molecule has 1 N–H and O–H groups in total. The fourth-order valence-corrected chi connectivity index (χ4v) is 2.56. The Labute approximate surface area is 114 Å². The van der Waals surface area contributed by atoms with Crippen LogP contribution in [0.1, 0.15) is 17.7 Å². The van der Waals surface area contributed by atoms with E-state index in [1.807, 2.05) is 13.0 Å². The zero-order chi connectivity index (χ0) is 13.3. The lowest BCUT2D eigenvalue weighted by atomic mass is 10.0. The number of halogens is 2. The van der Waals surface area contributed by atoms with Gasteiger partial charge in [-0.05, 0) is 25.5 Å². The summed E-state index contributed by atoms with van der Waals surface area (Å²) >= 11 is 12.0. The van der Waals surface area contributed by atoms with Gasteiger partial charge in [0.15, 0.2) is 5.43 Å². The molecule has 92 valence electrons. The number of aromatic nitrogens is 1. The van der Waals surface area contributed by atoms with Crippen LogP contribution in [-0.2, 0) is 6.42 Å². The molecule has 0 spiro atoms. The predicted octanol–water partition coefficient (Wildman–Crippen LogP) is 3.60. The van der Waals surface area contributed by atoms with Gasteiger partial charge in [0.2, 0.25) is 0 Å². The minimum Gasteiger partial charge on any atom is -0.358 e. The van der Waals surface area contributed by atoms with Gasteiger partial charge in [-0.25, -0.2) is 0 Å². The van der Waals surface area contributed by atoms with Crippen LogP contribution in [-0.4, -0.2) is 4.98 Å². The van der Waals surface area contributed by atoms with E-state index < -0.39 is 0 Å². The standard InChI is InChI=1S/C13H10Cl2N2O/c1-7-9(3-2-4-16)13(18)12-10(15)5-8(14)6-11(12)17-7/h5-6H,2-3H2,1H3,(H,17,18). The first kappa shape index (κ1) is 12.9. The molecule has 18 heavy (non-hydrogen) atoms. The molecule has 0 amide bonds. The number of hydrogen-bond donors (Lipinski definition) is 1. The highest BCUT2D eigenvalue weighted by molar-refractivity contribution is 6.38. The highest BCUT2D eigenvalue weighted by Gasteiger charge is 2.12. The molecule has 0 saturated heterocycles. The Balaban J connectivity index is 2.78. The lowest BCUT2D eigenvalue weighted by Gasteiger charge is -2.08. The number of H-pyrrole nitrogens is 1. The van der Waals surface area contributed by atoms with E-state index in [1.165, 1.54) is 0 Å². The van der Waals surface area contributed by atoms with Crippen molar-refractivity contribution in [3.05, 3.63) is 43.7 Å². The molecule has 2 rings (SSSR count). The van der Waals surface area contributed by atoms with Crippen LogP contribution in [0.25, 0.3) is 10.9 Å². The molecule has 3 nitrogen and oxygen atoms in total. The van der Waals surface area contributed by atoms with Crippen molar-refractivity contribution in [2.75, 3.05) is 0 Å². The molecule has 0 radical (unpaired) electrons. The summed E-state index contributed by atoms with van der Waals surface area (Å²) < 4.78 is 0. The maximum atomic E-state index is 12.3. The Kier molecular flexibility index (Phi) is 3.60. The summed E-state index contributed by atoms with van der Waals surface area (Å²) in [7, 11) is 0. The zero-order valence-electron chi connectivity index (χ0n) is 9.68. The van der Waals surface area contributed by atoms with E-state index in [2.05, 4.69) is 4.98 Å². The monoisotopic (exact) mass is 280 g/mol. The molecule has 0 bridgehead atoms. The number of rotatable bonds is 2. The van der Waals surface area contributed by atoms with Crippen LogP contribution in [0.15, 0.2) is 16.9 Å². The third kappa shape index (κ3) is 2.22. The van der Waals surface area contributed by atoms with Gasteiger partial charge in [-0.2, -0.15) is 5.26 Å². The van der Waals surface area contributed by atoms with Crippen molar-refractivity contribution in [3.8, 4) is 6.07 Å². The molecule has 5 heteroatoms. The Morgan fingerprint density at radius 2 is 2.11 bits per heavy atom. The quantitative estimate of drug-likeness (QED) is 0.914. The van der Waals surface area contributed by atoms with Crippen LogP contribution in [0.3, 0.4) is 0 Å². The number of pyridine rings is 1. The van der Waals surface area contributed by atoms with Crippen molar-refractivity contribution in [2.45, 2.75) is 19.8 Å². The molecule has 1 heterocycles. The molecule has 1 aromatic carbocycles. The average Bonchev–Trinajstić information content (AvgIpc) is 2.27. The van der Waals surface area contributed by atoms with Crippen molar-refractivity contribution < 1.29 is 0 Å². The third-order valence-electron chi connectivity index (χ3n) is 2.82. The summed E-state index contributed by atoms with van der Waals surface area (Å²) in [6.45, 7) is 1.81. The summed E-state index contributed by atoms with van der Waals surface area (Å²) in [5.74, 6) is 0. The number of aryl methyl sites for hydroxylation is 1. The first-order valence-electron chi connectivity index (χ1n) is 5.42. The van der Waals surface area contributed by atoms with E-state index in [-0.39, 0.29) is 5.43 Å². The normalized spacial score (nSPS) is 10.6. The average molecular weight is 281 g/mol. The van der Waals surface area contributed by atoms with E-state index >= 15 is 0 Å². The molecule has 1 aromatic heterocycles.